The lowest BCUT2D eigenvalue weighted by Crippen LogP contribution is -2.28. The number of hydrogen-bond acceptors (Lipinski definition) is 4. The lowest BCUT2D eigenvalue weighted by Gasteiger charge is -2.19. The minimum Gasteiger partial charge on any atom is -0.486 e. The lowest BCUT2D eigenvalue weighted by atomic mass is 10.1. The largest absolute Gasteiger partial charge is 0.486 e. The van der Waals surface area contributed by atoms with E-state index in [1.54, 1.807) is 18.2 Å². The molecule has 0 spiro atoms. The summed E-state index contributed by atoms with van der Waals surface area (Å²) in [6, 6.07) is 10.9. The van der Waals surface area contributed by atoms with Crippen molar-refractivity contribution in [2.24, 2.45) is 5.92 Å². The fourth-order valence-electron chi connectivity index (χ4n) is 3.12. The molecule has 7 heteroatoms. The van der Waals surface area contributed by atoms with Crippen LogP contribution in [0.2, 0.25) is 0 Å². The van der Waals surface area contributed by atoms with Gasteiger partial charge in [0.15, 0.2) is 11.5 Å². The van der Waals surface area contributed by atoms with E-state index in [0.717, 1.165) is 0 Å². The van der Waals surface area contributed by atoms with Crippen LogP contribution in [0.25, 0.3) is 0 Å². The fraction of sp³-hybridized carbons (Fsp3) is 0.263. The number of amides is 2. The summed E-state index contributed by atoms with van der Waals surface area (Å²) in [7, 11) is 0. The van der Waals surface area contributed by atoms with Crippen molar-refractivity contribution in [2.75, 3.05) is 30.0 Å². The van der Waals surface area contributed by atoms with E-state index in [9.17, 15) is 14.0 Å². The van der Waals surface area contributed by atoms with Gasteiger partial charge in [-0.25, -0.2) is 4.39 Å². The smallest absolute Gasteiger partial charge is 0.229 e. The summed E-state index contributed by atoms with van der Waals surface area (Å²) in [4.78, 5) is 26.3. The number of carbonyl (C=O) groups excluding carboxylic acids is 2. The molecule has 2 aliphatic heterocycles. The summed E-state index contributed by atoms with van der Waals surface area (Å²) in [5, 5.41) is 2.82. The van der Waals surface area contributed by atoms with Crippen molar-refractivity contribution in [1.82, 2.24) is 0 Å². The van der Waals surface area contributed by atoms with Crippen molar-refractivity contribution in [1.29, 1.82) is 0 Å². The van der Waals surface area contributed by atoms with Crippen LogP contribution in [0.1, 0.15) is 6.42 Å². The van der Waals surface area contributed by atoms with Crippen LogP contribution in [-0.2, 0) is 9.59 Å². The molecule has 4 rings (SSSR count). The standard InChI is InChI=1S/C19H17FN2O4/c20-13-1-4-15(5-2-13)22-11-12(9-18(22)23)19(24)21-14-3-6-16-17(10-14)26-8-7-25-16/h1-6,10,12H,7-9,11H2,(H,21,24)/t12-/m0/s1. The quantitative estimate of drug-likeness (QED) is 0.918. The zero-order valence-electron chi connectivity index (χ0n) is 13.9. The highest BCUT2D eigenvalue weighted by molar-refractivity contribution is 6.03. The molecule has 2 aliphatic rings. The maximum absolute atomic E-state index is 13.1. The molecule has 1 fully saturated rings. The number of rotatable bonds is 3. The number of halogens is 1. The molecule has 0 unspecified atom stereocenters. The molecule has 134 valence electrons. The Hall–Kier alpha value is -3.09. The van der Waals surface area contributed by atoms with Gasteiger partial charge in [-0.05, 0) is 36.4 Å². The van der Waals surface area contributed by atoms with Crippen molar-refractivity contribution >= 4 is 23.2 Å². The number of fused-ring (bicyclic) bond motifs is 1. The first-order valence-electron chi connectivity index (χ1n) is 8.36. The van der Waals surface area contributed by atoms with Gasteiger partial charge in [0.1, 0.15) is 19.0 Å². The normalized spacial score (nSPS) is 18.7. The first kappa shape index (κ1) is 16.4. The van der Waals surface area contributed by atoms with Crippen LogP contribution in [0.4, 0.5) is 15.8 Å². The predicted octanol–water partition coefficient (Wildman–Crippen LogP) is 2.59. The van der Waals surface area contributed by atoms with Crippen LogP contribution < -0.4 is 19.7 Å². The average Bonchev–Trinajstić information content (AvgIpc) is 3.04. The zero-order valence-corrected chi connectivity index (χ0v) is 13.9. The van der Waals surface area contributed by atoms with E-state index in [1.165, 1.54) is 29.2 Å². The fourth-order valence-corrected chi connectivity index (χ4v) is 3.12. The average molecular weight is 356 g/mol. The van der Waals surface area contributed by atoms with Crippen molar-refractivity contribution < 1.29 is 23.5 Å². The Labute approximate surface area is 149 Å². The molecular formula is C19H17FN2O4. The van der Waals surface area contributed by atoms with Gasteiger partial charge in [0, 0.05) is 30.4 Å². The van der Waals surface area contributed by atoms with E-state index in [4.69, 9.17) is 9.47 Å². The highest BCUT2D eigenvalue weighted by Crippen LogP contribution is 2.33. The van der Waals surface area contributed by atoms with Crippen molar-refractivity contribution in [3.8, 4) is 11.5 Å². The number of carbonyl (C=O) groups is 2. The Morgan fingerprint density at radius 3 is 2.58 bits per heavy atom. The number of benzene rings is 2. The van der Waals surface area contributed by atoms with Crippen molar-refractivity contribution in [2.45, 2.75) is 6.42 Å². The van der Waals surface area contributed by atoms with E-state index < -0.39 is 5.92 Å². The third-order valence-corrected chi connectivity index (χ3v) is 4.44. The Kier molecular flexibility index (Phi) is 4.20. The lowest BCUT2D eigenvalue weighted by molar-refractivity contribution is -0.122. The van der Waals surface area contributed by atoms with Gasteiger partial charge in [-0.15, -0.1) is 0 Å². The first-order chi connectivity index (χ1) is 12.6. The third kappa shape index (κ3) is 3.20. The van der Waals surface area contributed by atoms with Gasteiger partial charge in [0.05, 0.1) is 5.92 Å². The van der Waals surface area contributed by atoms with Gasteiger partial charge in [-0.3, -0.25) is 9.59 Å². The molecule has 26 heavy (non-hydrogen) atoms. The molecule has 2 aromatic rings. The molecule has 2 aromatic carbocycles. The summed E-state index contributed by atoms with van der Waals surface area (Å²) in [5.41, 5.74) is 1.18. The molecule has 1 saturated heterocycles. The summed E-state index contributed by atoms with van der Waals surface area (Å²) in [5.74, 6) is 0.00453. The second-order valence-corrected chi connectivity index (χ2v) is 6.23. The van der Waals surface area contributed by atoms with Crippen LogP contribution in [0, 0.1) is 11.7 Å². The number of ether oxygens (including phenoxy) is 2. The number of hydrogen-bond donors (Lipinski definition) is 1. The van der Waals surface area contributed by atoms with Crippen LogP contribution in [0.3, 0.4) is 0 Å². The zero-order chi connectivity index (χ0) is 18.1. The summed E-state index contributed by atoms with van der Waals surface area (Å²) < 4.78 is 24.0. The number of nitrogens with zero attached hydrogens (tertiary/aromatic N) is 1. The van der Waals surface area contributed by atoms with E-state index in [0.29, 0.717) is 36.1 Å². The number of anilines is 2. The molecule has 0 saturated carbocycles. The third-order valence-electron chi connectivity index (χ3n) is 4.44. The SMILES string of the molecule is O=C(Nc1ccc2c(c1)OCCO2)[C@H]1CC(=O)N(c2ccc(F)cc2)C1. The summed E-state index contributed by atoms with van der Waals surface area (Å²) in [6.07, 6.45) is 0.119. The van der Waals surface area contributed by atoms with E-state index in [1.807, 2.05) is 0 Å². The maximum Gasteiger partial charge on any atom is 0.229 e. The first-order valence-corrected chi connectivity index (χ1v) is 8.36. The highest BCUT2D eigenvalue weighted by Gasteiger charge is 2.35. The van der Waals surface area contributed by atoms with Crippen molar-refractivity contribution in [3.63, 3.8) is 0 Å². The second-order valence-electron chi connectivity index (χ2n) is 6.23. The monoisotopic (exact) mass is 356 g/mol. The molecular weight excluding hydrogens is 339 g/mol. The van der Waals surface area contributed by atoms with Gasteiger partial charge in [0.2, 0.25) is 11.8 Å². The Morgan fingerprint density at radius 1 is 1.08 bits per heavy atom. The molecule has 2 heterocycles. The van der Waals surface area contributed by atoms with Gasteiger partial charge in [-0.2, -0.15) is 0 Å². The Morgan fingerprint density at radius 2 is 1.81 bits per heavy atom. The predicted molar refractivity (Wildman–Crippen MR) is 92.9 cm³/mol. The maximum atomic E-state index is 13.1. The van der Waals surface area contributed by atoms with Crippen LogP contribution in [0.15, 0.2) is 42.5 Å². The Balaban J connectivity index is 1.44. The van der Waals surface area contributed by atoms with Crippen LogP contribution >= 0.6 is 0 Å². The van der Waals surface area contributed by atoms with E-state index >= 15 is 0 Å². The van der Waals surface area contributed by atoms with Gasteiger partial charge >= 0.3 is 0 Å². The molecule has 2 amide bonds. The molecule has 0 aromatic heterocycles. The van der Waals surface area contributed by atoms with Crippen LogP contribution in [-0.4, -0.2) is 31.6 Å². The molecule has 1 N–H and O–H groups in total. The van der Waals surface area contributed by atoms with Gasteiger partial charge < -0.3 is 19.7 Å². The molecule has 1 atom stereocenters. The molecule has 0 bridgehead atoms. The summed E-state index contributed by atoms with van der Waals surface area (Å²) >= 11 is 0. The summed E-state index contributed by atoms with van der Waals surface area (Å²) in [6.45, 7) is 1.23. The second kappa shape index (κ2) is 6.67. The minimum atomic E-state index is -0.472. The van der Waals surface area contributed by atoms with E-state index in [2.05, 4.69) is 5.32 Å². The van der Waals surface area contributed by atoms with Gasteiger partial charge in [0.25, 0.3) is 0 Å². The number of nitrogens with one attached hydrogen (secondary N) is 1. The molecule has 0 radical (unpaired) electrons. The topological polar surface area (TPSA) is 67.9 Å². The van der Waals surface area contributed by atoms with E-state index in [-0.39, 0.29) is 30.6 Å². The Bertz CT molecular complexity index is 853. The minimum absolute atomic E-state index is 0.119. The molecule has 6 nitrogen and oxygen atoms in total. The van der Waals surface area contributed by atoms with Crippen molar-refractivity contribution in [3.05, 3.63) is 48.3 Å². The molecule has 0 aliphatic carbocycles. The van der Waals surface area contributed by atoms with Crippen LogP contribution in [0.5, 0.6) is 11.5 Å². The van der Waals surface area contributed by atoms with Gasteiger partial charge in [-0.1, -0.05) is 0 Å². The highest BCUT2D eigenvalue weighted by atomic mass is 19.1.